The first-order valence-corrected chi connectivity index (χ1v) is 11.4. The number of methoxy groups -OCH3 is 2. The van der Waals surface area contributed by atoms with E-state index in [-0.39, 0.29) is 29.2 Å². The molecule has 0 spiro atoms. The Morgan fingerprint density at radius 3 is 2.19 bits per heavy atom. The Morgan fingerprint density at radius 2 is 1.59 bits per heavy atom. The summed E-state index contributed by atoms with van der Waals surface area (Å²) in [5.41, 5.74) is 3.80. The third-order valence-electron chi connectivity index (χ3n) is 7.11. The SMILES string of the molecule is COC1=N[C@H](C(C)C)C(OC)=N[C@H]1Cc1ccc(B2OC(C)(C)C(C)(C)O2)c2c1COC2. The Bertz CT molecular complexity index is 925. The van der Waals surface area contributed by atoms with Crippen LogP contribution < -0.4 is 5.46 Å². The molecular formula is C24H35BN2O5. The number of ether oxygens (including phenoxy) is 3. The summed E-state index contributed by atoms with van der Waals surface area (Å²) >= 11 is 0. The van der Waals surface area contributed by atoms with Crippen molar-refractivity contribution in [2.75, 3.05) is 14.2 Å². The van der Waals surface area contributed by atoms with E-state index in [2.05, 4.69) is 53.7 Å². The summed E-state index contributed by atoms with van der Waals surface area (Å²) in [6.07, 6.45) is 0.666. The molecule has 174 valence electrons. The number of benzene rings is 1. The zero-order valence-corrected chi connectivity index (χ0v) is 20.5. The highest BCUT2D eigenvalue weighted by atomic mass is 16.7. The van der Waals surface area contributed by atoms with Crippen molar-refractivity contribution in [3.8, 4) is 0 Å². The molecule has 2 atom stereocenters. The molecule has 4 rings (SSSR count). The van der Waals surface area contributed by atoms with Gasteiger partial charge in [-0.25, -0.2) is 9.98 Å². The molecule has 8 heteroatoms. The molecule has 1 aromatic carbocycles. The van der Waals surface area contributed by atoms with E-state index < -0.39 is 7.12 Å². The molecule has 0 saturated carbocycles. The van der Waals surface area contributed by atoms with Crippen molar-refractivity contribution in [2.24, 2.45) is 15.9 Å². The van der Waals surface area contributed by atoms with E-state index in [1.807, 2.05) is 0 Å². The smallest absolute Gasteiger partial charge is 0.483 e. The largest absolute Gasteiger partial charge is 0.495 e. The third kappa shape index (κ3) is 3.97. The molecule has 0 aliphatic carbocycles. The van der Waals surface area contributed by atoms with Crippen molar-refractivity contribution < 1.29 is 23.5 Å². The lowest BCUT2D eigenvalue weighted by Gasteiger charge is -2.32. The molecule has 1 fully saturated rings. The van der Waals surface area contributed by atoms with Crippen LogP contribution in [0.3, 0.4) is 0 Å². The van der Waals surface area contributed by atoms with Crippen molar-refractivity contribution in [1.29, 1.82) is 0 Å². The predicted molar refractivity (Wildman–Crippen MR) is 126 cm³/mol. The van der Waals surface area contributed by atoms with Gasteiger partial charge in [0.05, 0.1) is 38.6 Å². The van der Waals surface area contributed by atoms with Crippen molar-refractivity contribution in [3.05, 3.63) is 28.8 Å². The molecule has 0 amide bonds. The topological polar surface area (TPSA) is 70.9 Å². The average molecular weight is 442 g/mol. The fraction of sp³-hybridized carbons (Fsp3) is 0.667. The molecule has 0 radical (unpaired) electrons. The molecule has 3 heterocycles. The van der Waals surface area contributed by atoms with Crippen LogP contribution in [0.1, 0.15) is 58.2 Å². The van der Waals surface area contributed by atoms with Gasteiger partial charge in [0.1, 0.15) is 12.1 Å². The van der Waals surface area contributed by atoms with Gasteiger partial charge in [-0.15, -0.1) is 0 Å². The summed E-state index contributed by atoms with van der Waals surface area (Å²) in [6.45, 7) is 13.6. The minimum Gasteiger partial charge on any atom is -0.483 e. The molecule has 0 aromatic heterocycles. The Balaban J connectivity index is 1.63. The van der Waals surface area contributed by atoms with E-state index in [0.717, 1.165) is 11.0 Å². The van der Waals surface area contributed by atoms with Crippen molar-refractivity contribution in [2.45, 2.75) is 84.5 Å². The first-order valence-electron chi connectivity index (χ1n) is 11.4. The van der Waals surface area contributed by atoms with Crippen LogP contribution in [0.2, 0.25) is 0 Å². The fourth-order valence-corrected chi connectivity index (χ4v) is 4.45. The van der Waals surface area contributed by atoms with Gasteiger partial charge in [0, 0.05) is 6.42 Å². The lowest BCUT2D eigenvalue weighted by atomic mass is 9.74. The fourth-order valence-electron chi connectivity index (χ4n) is 4.45. The van der Waals surface area contributed by atoms with Gasteiger partial charge >= 0.3 is 7.12 Å². The van der Waals surface area contributed by atoms with Gasteiger partial charge < -0.3 is 23.5 Å². The standard InChI is InChI=1S/C24H35BN2O5/c1-14(2)20-22(29-8)26-19(21(27-20)28-7)11-15-9-10-18(17-13-30-12-16(15)17)25-31-23(3,4)24(5,6)32-25/h9-10,14,19-20H,11-13H2,1-8H3/t19-,20+/m0/s1. The second kappa shape index (κ2) is 8.47. The second-order valence-corrected chi connectivity index (χ2v) is 10.1. The number of hydrogen-bond donors (Lipinski definition) is 0. The van der Waals surface area contributed by atoms with Gasteiger partial charge in [-0.1, -0.05) is 26.0 Å². The van der Waals surface area contributed by atoms with E-state index in [9.17, 15) is 0 Å². The molecule has 0 bridgehead atoms. The van der Waals surface area contributed by atoms with Crippen molar-refractivity contribution in [1.82, 2.24) is 0 Å². The van der Waals surface area contributed by atoms with Crippen molar-refractivity contribution >= 4 is 24.4 Å². The van der Waals surface area contributed by atoms with Crippen LogP contribution in [0.5, 0.6) is 0 Å². The van der Waals surface area contributed by atoms with Crippen molar-refractivity contribution in [3.63, 3.8) is 0 Å². The van der Waals surface area contributed by atoms with E-state index in [0.29, 0.717) is 31.4 Å². The highest BCUT2D eigenvalue weighted by Crippen LogP contribution is 2.37. The summed E-state index contributed by atoms with van der Waals surface area (Å²) in [5.74, 6) is 1.58. The van der Waals surface area contributed by atoms with Crippen LogP contribution in [-0.2, 0) is 43.2 Å². The van der Waals surface area contributed by atoms with Gasteiger partial charge in [0.25, 0.3) is 0 Å². The van der Waals surface area contributed by atoms with Crippen LogP contribution >= 0.6 is 0 Å². The van der Waals surface area contributed by atoms with Crippen LogP contribution in [0, 0.1) is 5.92 Å². The van der Waals surface area contributed by atoms with Crippen LogP contribution in [0.15, 0.2) is 22.1 Å². The minimum absolute atomic E-state index is 0.119. The minimum atomic E-state index is -0.403. The predicted octanol–water partition coefficient (Wildman–Crippen LogP) is 3.06. The van der Waals surface area contributed by atoms with Crippen LogP contribution in [-0.4, -0.2) is 56.4 Å². The summed E-state index contributed by atoms with van der Waals surface area (Å²) in [4.78, 5) is 9.67. The quantitative estimate of drug-likeness (QED) is 0.671. The van der Waals surface area contributed by atoms with E-state index >= 15 is 0 Å². The maximum absolute atomic E-state index is 6.31. The Hall–Kier alpha value is -1.90. The molecular weight excluding hydrogens is 407 g/mol. The highest BCUT2D eigenvalue weighted by molar-refractivity contribution is 6.62. The summed E-state index contributed by atoms with van der Waals surface area (Å²) in [7, 11) is 2.91. The van der Waals surface area contributed by atoms with Gasteiger partial charge in [-0.3, -0.25) is 0 Å². The number of fused-ring (bicyclic) bond motifs is 1. The van der Waals surface area contributed by atoms with Crippen LogP contribution in [0.25, 0.3) is 0 Å². The monoisotopic (exact) mass is 442 g/mol. The first kappa shape index (κ1) is 23.3. The Kier molecular flexibility index (Phi) is 6.16. The zero-order chi connectivity index (χ0) is 23.3. The molecule has 7 nitrogen and oxygen atoms in total. The highest BCUT2D eigenvalue weighted by Gasteiger charge is 2.52. The van der Waals surface area contributed by atoms with Gasteiger partial charge in [0.15, 0.2) is 0 Å². The maximum atomic E-state index is 6.31. The lowest BCUT2D eigenvalue weighted by Crippen LogP contribution is -2.41. The molecule has 32 heavy (non-hydrogen) atoms. The molecule has 1 aromatic rings. The summed E-state index contributed by atoms with van der Waals surface area (Å²) < 4.78 is 29.7. The average Bonchev–Trinajstić information content (AvgIpc) is 3.30. The first-order chi connectivity index (χ1) is 15.1. The molecule has 0 unspecified atom stereocenters. The van der Waals surface area contributed by atoms with Gasteiger partial charge in [-0.2, -0.15) is 0 Å². The Labute approximate surface area is 191 Å². The van der Waals surface area contributed by atoms with E-state index in [1.54, 1.807) is 14.2 Å². The zero-order valence-electron chi connectivity index (χ0n) is 20.5. The van der Waals surface area contributed by atoms with E-state index in [1.165, 1.54) is 11.1 Å². The normalized spacial score (nSPS) is 26.1. The summed E-state index contributed by atoms with van der Waals surface area (Å²) in [6, 6.07) is 3.90. The summed E-state index contributed by atoms with van der Waals surface area (Å²) in [5, 5.41) is 0. The maximum Gasteiger partial charge on any atom is 0.495 e. The number of aliphatic imine (C=N–C) groups is 2. The molecule has 3 aliphatic rings. The van der Waals surface area contributed by atoms with E-state index in [4.69, 9.17) is 33.5 Å². The third-order valence-corrected chi connectivity index (χ3v) is 7.11. The van der Waals surface area contributed by atoms with Gasteiger partial charge in [-0.05, 0) is 55.8 Å². The number of nitrogens with zero attached hydrogens (tertiary/aromatic N) is 2. The number of rotatable bonds is 4. The van der Waals surface area contributed by atoms with Crippen LogP contribution in [0.4, 0.5) is 0 Å². The van der Waals surface area contributed by atoms with Gasteiger partial charge in [0.2, 0.25) is 11.8 Å². The molecule has 1 saturated heterocycles. The molecule has 3 aliphatic heterocycles. The Morgan fingerprint density at radius 1 is 0.969 bits per heavy atom. The molecule has 0 N–H and O–H groups in total. The lowest BCUT2D eigenvalue weighted by molar-refractivity contribution is 0.00578. The second-order valence-electron chi connectivity index (χ2n) is 10.1. The number of hydrogen-bond acceptors (Lipinski definition) is 7.